The summed E-state index contributed by atoms with van der Waals surface area (Å²) in [7, 11) is 0. The average molecular weight is 286 g/mol. The van der Waals surface area contributed by atoms with Crippen LogP contribution in [-0.4, -0.2) is 17.9 Å². The first-order chi connectivity index (χ1) is 8.83. The van der Waals surface area contributed by atoms with E-state index in [0.29, 0.717) is 5.41 Å². The summed E-state index contributed by atoms with van der Waals surface area (Å²) < 4.78 is 0. The van der Waals surface area contributed by atoms with Gasteiger partial charge in [0.05, 0.1) is 0 Å². The van der Waals surface area contributed by atoms with Crippen molar-refractivity contribution in [3.63, 3.8) is 0 Å². The molecule has 122 valence electrons. The first-order valence-electron chi connectivity index (χ1n) is 8.25. The predicted molar refractivity (Wildman–Crippen MR) is 89.8 cm³/mol. The van der Waals surface area contributed by atoms with E-state index in [4.69, 9.17) is 0 Å². The Morgan fingerprint density at radius 3 is 1.70 bits per heavy atom. The quantitative estimate of drug-likeness (QED) is 0.488. The fourth-order valence-electron chi connectivity index (χ4n) is 2.23. The number of rotatable bonds is 8. The topological polar surface area (TPSA) is 32.3 Å². The first kappa shape index (κ1) is 19.9. The van der Waals surface area contributed by atoms with Crippen molar-refractivity contribution in [2.24, 2.45) is 16.2 Å². The molecule has 2 nitrogen and oxygen atoms in total. The second-order valence-electron chi connectivity index (χ2n) is 9.45. The van der Waals surface area contributed by atoms with E-state index in [9.17, 15) is 5.11 Å². The molecule has 0 rings (SSSR count). The number of aliphatic hydroxyl groups is 1. The third kappa shape index (κ3) is 10.7. The molecule has 0 heterocycles. The number of nitrogens with one attached hydrogen (secondary N) is 1. The second-order valence-corrected chi connectivity index (χ2v) is 9.45. The molecule has 0 aromatic carbocycles. The maximum atomic E-state index is 10.3. The molecule has 20 heavy (non-hydrogen) atoms. The highest BCUT2D eigenvalue weighted by molar-refractivity contribution is 4.78. The van der Waals surface area contributed by atoms with Crippen LogP contribution in [0.3, 0.4) is 0 Å². The van der Waals surface area contributed by atoms with Crippen molar-refractivity contribution in [1.82, 2.24) is 5.32 Å². The molecule has 0 saturated carbocycles. The Balaban J connectivity index is 3.93. The van der Waals surface area contributed by atoms with Crippen LogP contribution >= 0.6 is 0 Å². The summed E-state index contributed by atoms with van der Waals surface area (Å²) in [6, 6.07) is 0. The molecule has 0 aliphatic carbocycles. The van der Waals surface area contributed by atoms with Gasteiger partial charge < -0.3 is 5.11 Å². The minimum atomic E-state index is -0.413. The molecule has 0 bridgehead atoms. The molecule has 0 saturated heterocycles. The molecule has 0 fully saturated rings. The third-order valence-corrected chi connectivity index (χ3v) is 3.81. The van der Waals surface area contributed by atoms with Gasteiger partial charge in [-0.1, -0.05) is 74.7 Å². The summed E-state index contributed by atoms with van der Waals surface area (Å²) in [6.45, 7) is 18.6. The standard InChI is InChI=1S/C18H39NO/c1-16(2,3)12-10-9-11-13-18(7,8)15(20)19-14-17(4,5)6/h15,19-20H,9-14H2,1-8H3. The largest absolute Gasteiger partial charge is 0.378 e. The molecule has 1 unspecified atom stereocenters. The highest BCUT2D eigenvalue weighted by Crippen LogP contribution is 2.29. The van der Waals surface area contributed by atoms with Gasteiger partial charge in [-0.15, -0.1) is 0 Å². The lowest BCUT2D eigenvalue weighted by Crippen LogP contribution is -2.45. The molecule has 2 heteroatoms. The Morgan fingerprint density at radius 1 is 0.750 bits per heavy atom. The van der Waals surface area contributed by atoms with Gasteiger partial charge in [0.15, 0.2) is 0 Å². The molecule has 0 spiro atoms. The van der Waals surface area contributed by atoms with Crippen molar-refractivity contribution in [3.8, 4) is 0 Å². The maximum absolute atomic E-state index is 10.3. The van der Waals surface area contributed by atoms with Crippen LogP contribution in [0, 0.1) is 16.2 Å². The molecule has 2 N–H and O–H groups in total. The van der Waals surface area contributed by atoms with E-state index < -0.39 is 6.23 Å². The summed E-state index contributed by atoms with van der Waals surface area (Å²) >= 11 is 0. The number of unbranched alkanes of at least 4 members (excludes halogenated alkanes) is 2. The summed E-state index contributed by atoms with van der Waals surface area (Å²) in [5.41, 5.74) is 0.611. The van der Waals surface area contributed by atoms with E-state index >= 15 is 0 Å². The normalized spacial score (nSPS) is 15.4. The molecule has 0 aliphatic rings. The van der Waals surface area contributed by atoms with E-state index in [1.807, 2.05) is 0 Å². The van der Waals surface area contributed by atoms with Crippen LogP contribution < -0.4 is 5.32 Å². The van der Waals surface area contributed by atoms with Crippen molar-refractivity contribution in [3.05, 3.63) is 0 Å². The van der Waals surface area contributed by atoms with Crippen LogP contribution in [0.4, 0.5) is 0 Å². The zero-order chi connectivity index (χ0) is 16.0. The van der Waals surface area contributed by atoms with Crippen molar-refractivity contribution in [2.75, 3.05) is 6.54 Å². The molecular formula is C18H39NO. The molecule has 0 aromatic rings. The Hall–Kier alpha value is -0.0800. The summed E-state index contributed by atoms with van der Waals surface area (Å²) in [5.74, 6) is 0. The van der Waals surface area contributed by atoms with Gasteiger partial charge in [-0.25, -0.2) is 0 Å². The first-order valence-corrected chi connectivity index (χ1v) is 8.25. The molecular weight excluding hydrogens is 246 g/mol. The van der Waals surface area contributed by atoms with E-state index in [2.05, 4.69) is 60.7 Å². The van der Waals surface area contributed by atoms with E-state index in [0.717, 1.165) is 13.0 Å². The van der Waals surface area contributed by atoms with Gasteiger partial charge in [-0.2, -0.15) is 0 Å². The van der Waals surface area contributed by atoms with Crippen LogP contribution in [0.15, 0.2) is 0 Å². The monoisotopic (exact) mass is 285 g/mol. The fraction of sp³-hybridized carbons (Fsp3) is 1.00. The Morgan fingerprint density at radius 2 is 1.25 bits per heavy atom. The van der Waals surface area contributed by atoms with Crippen molar-refractivity contribution in [1.29, 1.82) is 0 Å². The number of hydrogen-bond donors (Lipinski definition) is 2. The average Bonchev–Trinajstić information content (AvgIpc) is 2.22. The second kappa shape index (κ2) is 7.79. The van der Waals surface area contributed by atoms with E-state index in [1.54, 1.807) is 0 Å². The van der Waals surface area contributed by atoms with Gasteiger partial charge in [-0.3, -0.25) is 5.32 Å². The lowest BCUT2D eigenvalue weighted by molar-refractivity contribution is 0.00848. The zero-order valence-corrected chi connectivity index (χ0v) is 15.3. The SMILES string of the molecule is CC(C)(C)CCCCCC(C)(C)C(O)NCC(C)(C)C. The van der Waals surface area contributed by atoms with Gasteiger partial charge >= 0.3 is 0 Å². The van der Waals surface area contributed by atoms with Crippen LogP contribution in [-0.2, 0) is 0 Å². The highest BCUT2D eigenvalue weighted by atomic mass is 16.3. The molecule has 0 radical (unpaired) electrons. The molecule has 0 amide bonds. The molecule has 0 aromatic heterocycles. The Kier molecular flexibility index (Phi) is 7.76. The van der Waals surface area contributed by atoms with Crippen molar-refractivity contribution >= 4 is 0 Å². The van der Waals surface area contributed by atoms with Crippen LogP contribution in [0.2, 0.25) is 0 Å². The van der Waals surface area contributed by atoms with Gasteiger partial charge in [0.1, 0.15) is 6.23 Å². The summed E-state index contributed by atoms with van der Waals surface area (Å²) in [6.07, 6.45) is 5.73. The molecule has 0 aliphatic heterocycles. The van der Waals surface area contributed by atoms with Gasteiger partial charge in [0, 0.05) is 12.0 Å². The van der Waals surface area contributed by atoms with Gasteiger partial charge in [0.2, 0.25) is 0 Å². The minimum Gasteiger partial charge on any atom is -0.378 e. The van der Waals surface area contributed by atoms with Crippen LogP contribution in [0.5, 0.6) is 0 Å². The zero-order valence-electron chi connectivity index (χ0n) is 15.3. The number of aliphatic hydroxyl groups excluding tert-OH is 1. The van der Waals surface area contributed by atoms with Crippen molar-refractivity contribution in [2.45, 2.75) is 93.7 Å². The van der Waals surface area contributed by atoms with Gasteiger partial charge in [0.25, 0.3) is 0 Å². The van der Waals surface area contributed by atoms with E-state index in [-0.39, 0.29) is 10.8 Å². The lowest BCUT2D eigenvalue weighted by Gasteiger charge is -2.33. The highest BCUT2D eigenvalue weighted by Gasteiger charge is 2.28. The van der Waals surface area contributed by atoms with Crippen LogP contribution in [0.25, 0.3) is 0 Å². The fourth-order valence-corrected chi connectivity index (χ4v) is 2.23. The molecule has 1 atom stereocenters. The third-order valence-electron chi connectivity index (χ3n) is 3.81. The summed E-state index contributed by atoms with van der Waals surface area (Å²) in [4.78, 5) is 0. The maximum Gasteiger partial charge on any atom is 0.110 e. The van der Waals surface area contributed by atoms with Gasteiger partial charge in [-0.05, 0) is 23.7 Å². The Bertz CT molecular complexity index is 258. The van der Waals surface area contributed by atoms with Crippen molar-refractivity contribution < 1.29 is 5.11 Å². The smallest absolute Gasteiger partial charge is 0.110 e. The minimum absolute atomic E-state index is 0.0486. The number of hydrogen-bond acceptors (Lipinski definition) is 2. The van der Waals surface area contributed by atoms with Crippen LogP contribution in [0.1, 0.15) is 87.5 Å². The van der Waals surface area contributed by atoms with E-state index in [1.165, 1.54) is 25.7 Å². The predicted octanol–water partition coefficient (Wildman–Crippen LogP) is 4.96. The Labute approximate surface area is 127 Å². The summed E-state index contributed by atoms with van der Waals surface area (Å²) in [5, 5.41) is 13.6. The lowest BCUT2D eigenvalue weighted by atomic mass is 9.83.